The van der Waals surface area contributed by atoms with E-state index in [4.69, 9.17) is 88.2 Å². The van der Waals surface area contributed by atoms with Gasteiger partial charge in [0.15, 0.2) is 0 Å². The van der Waals surface area contributed by atoms with Crippen molar-refractivity contribution < 1.29 is 18.6 Å². The van der Waals surface area contributed by atoms with Gasteiger partial charge in [0.25, 0.3) is 0 Å². The van der Waals surface area contributed by atoms with Gasteiger partial charge in [0.05, 0.1) is 5.56 Å². The molecule has 0 atom stereocenters. The highest BCUT2D eigenvalue weighted by Crippen LogP contribution is 2.35. The fourth-order valence-corrected chi connectivity index (χ4v) is 6.31. The molecule has 11 heteroatoms. The van der Waals surface area contributed by atoms with E-state index in [1.54, 1.807) is 91.0 Å². The molecule has 238 valence electrons. The first kappa shape index (κ1) is 33.4. The summed E-state index contributed by atoms with van der Waals surface area (Å²) in [4.78, 5) is 14.0. The number of ether oxygens (including phenoxy) is 3. The summed E-state index contributed by atoms with van der Waals surface area (Å²) in [5.74, 6) is 1.15. The standard InChI is InChI=1S/C36H22Cl6O5/c37-27-4-1-5-28(38)24(27)17-44-21-12-10-20(11-13-21)23-16-46-33-14-22(45-18-25-29(39)6-2-7-30(25)40)15-34(35(33)36(23)43)47-19-26-31(41)8-3-9-32(26)42/h1-16H,17-19H2. The minimum Gasteiger partial charge on any atom is -0.489 e. The molecular formula is C36H22Cl6O5. The van der Waals surface area contributed by atoms with Crippen LogP contribution in [0.1, 0.15) is 16.7 Å². The molecule has 47 heavy (non-hydrogen) atoms. The van der Waals surface area contributed by atoms with Crippen molar-refractivity contribution in [1.82, 2.24) is 0 Å². The Labute approximate surface area is 300 Å². The van der Waals surface area contributed by atoms with Crippen molar-refractivity contribution in [3.63, 3.8) is 0 Å². The van der Waals surface area contributed by atoms with Crippen LogP contribution in [-0.4, -0.2) is 0 Å². The molecule has 5 nitrogen and oxygen atoms in total. The summed E-state index contributed by atoms with van der Waals surface area (Å²) in [7, 11) is 0. The van der Waals surface area contributed by atoms with Gasteiger partial charge in [-0.2, -0.15) is 0 Å². The van der Waals surface area contributed by atoms with Crippen molar-refractivity contribution in [3.05, 3.63) is 154 Å². The molecule has 5 aromatic carbocycles. The van der Waals surface area contributed by atoms with Crippen molar-refractivity contribution in [3.8, 4) is 28.4 Å². The first-order valence-electron chi connectivity index (χ1n) is 14.1. The van der Waals surface area contributed by atoms with E-state index in [1.807, 2.05) is 0 Å². The second kappa shape index (κ2) is 14.7. The number of fused-ring (bicyclic) bond motifs is 1. The Bertz CT molecular complexity index is 2090. The number of hydrogen-bond donors (Lipinski definition) is 0. The average molecular weight is 747 g/mol. The van der Waals surface area contributed by atoms with Gasteiger partial charge < -0.3 is 18.6 Å². The van der Waals surface area contributed by atoms with E-state index >= 15 is 0 Å². The highest BCUT2D eigenvalue weighted by molar-refractivity contribution is 6.37. The first-order valence-corrected chi connectivity index (χ1v) is 16.3. The summed E-state index contributed by atoms with van der Waals surface area (Å²) in [5, 5.41) is 3.01. The molecule has 0 saturated heterocycles. The lowest BCUT2D eigenvalue weighted by molar-refractivity contribution is 0.292. The summed E-state index contributed by atoms with van der Waals surface area (Å²) in [6.07, 6.45) is 1.40. The second-order valence-corrected chi connectivity index (χ2v) is 12.7. The predicted octanol–water partition coefficient (Wildman–Crippen LogP) is 12.1. The number of rotatable bonds is 10. The van der Waals surface area contributed by atoms with Crippen molar-refractivity contribution in [2.45, 2.75) is 19.8 Å². The molecule has 0 saturated carbocycles. The topological polar surface area (TPSA) is 57.9 Å². The Balaban J connectivity index is 1.33. The third-order valence-corrected chi connectivity index (χ3v) is 9.43. The zero-order chi connectivity index (χ0) is 33.1. The van der Waals surface area contributed by atoms with Crippen LogP contribution >= 0.6 is 69.6 Å². The van der Waals surface area contributed by atoms with Crippen molar-refractivity contribution in [1.29, 1.82) is 0 Å². The lowest BCUT2D eigenvalue weighted by Crippen LogP contribution is -2.08. The molecule has 0 bridgehead atoms. The van der Waals surface area contributed by atoms with Crippen LogP contribution in [-0.2, 0) is 19.8 Å². The normalized spacial score (nSPS) is 11.1. The van der Waals surface area contributed by atoms with Crippen molar-refractivity contribution in [2.75, 3.05) is 0 Å². The summed E-state index contributed by atoms with van der Waals surface area (Å²) < 4.78 is 24.1. The summed E-state index contributed by atoms with van der Waals surface area (Å²) in [6.45, 7) is 0.233. The third-order valence-electron chi connectivity index (χ3n) is 7.30. The molecule has 0 aliphatic rings. The zero-order valence-corrected chi connectivity index (χ0v) is 28.7. The van der Waals surface area contributed by atoms with Gasteiger partial charge in [-0.15, -0.1) is 0 Å². The molecule has 1 heterocycles. The van der Waals surface area contributed by atoms with E-state index in [0.29, 0.717) is 69.5 Å². The molecule has 6 aromatic rings. The van der Waals surface area contributed by atoms with Crippen LogP contribution in [0.5, 0.6) is 17.2 Å². The fraction of sp³-hybridized carbons (Fsp3) is 0.0833. The molecule has 0 amide bonds. The van der Waals surface area contributed by atoms with Gasteiger partial charge in [0, 0.05) is 59.0 Å². The van der Waals surface area contributed by atoms with Crippen LogP contribution in [0.25, 0.3) is 22.1 Å². The molecule has 0 spiro atoms. The van der Waals surface area contributed by atoms with Gasteiger partial charge in [-0.05, 0) is 54.1 Å². The minimum absolute atomic E-state index is 0.0153. The minimum atomic E-state index is -0.316. The van der Waals surface area contributed by atoms with Crippen LogP contribution in [0.4, 0.5) is 0 Å². The molecule has 0 unspecified atom stereocenters. The molecule has 6 rings (SSSR count). The quantitative estimate of drug-likeness (QED) is 0.140. The Hall–Kier alpha value is -3.55. The van der Waals surface area contributed by atoms with Crippen molar-refractivity contribution >= 4 is 80.6 Å². The Kier molecular flexibility index (Phi) is 10.4. The van der Waals surface area contributed by atoms with Crippen LogP contribution in [0.2, 0.25) is 30.1 Å². The molecular weight excluding hydrogens is 725 g/mol. The van der Waals surface area contributed by atoms with Crippen LogP contribution < -0.4 is 19.6 Å². The van der Waals surface area contributed by atoms with Crippen LogP contribution in [0.15, 0.2) is 106 Å². The zero-order valence-electron chi connectivity index (χ0n) is 24.2. The monoisotopic (exact) mass is 744 g/mol. The molecule has 0 radical (unpaired) electrons. The van der Waals surface area contributed by atoms with E-state index in [2.05, 4.69) is 0 Å². The first-order chi connectivity index (χ1) is 22.7. The number of halogens is 6. The molecule has 0 aliphatic carbocycles. The SMILES string of the molecule is O=c1c(-c2ccc(OCc3c(Cl)cccc3Cl)cc2)coc2cc(OCc3c(Cl)cccc3Cl)cc(OCc3c(Cl)cccc3Cl)c12. The summed E-state index contributed by atoms with van der Waals surface area (Å²) in [5.41, 5.74) is 2.71. The average Bonchev–Trinajstić information content (AvgIpc) is 3.04. The predicted molar refractivity (Wildman–Crippen MR) is 190 cm³/mol. The maximum absolute atomic E-state index is 14.0. The fourth-order valence-electron chi connectivity index (χ4n) is 4.79. The lowest BCUT2D eigenvalue weighted by atomic mass is 10.0. The van der Waals surface area contributed by atoms with Gasteiger partial charge in [-0.1, -0.05) is 99.9 Å². The van der Waals surface area contributed by atoms with E-state index in [0.717, 1.165) is 0 Å². The third kappa shape index (κ3) is 7.47. The van der Waals surface area contributed by atoms with E-state index in [1.165, 1.54) is 6.26 Å². The smallest absolute Gasteiger partial charge is 0.204 e. The highest BCUT2D eigenvalue weighted by Gasteiger charge is 2.18. The van der Waals surface area contributed by atoms with Crippen molar-refractivity contribution in [2.24, 2.45) is 0 Å². The van der Waals surface area contributed by atoms with Gasteiger partial charge in [0.2, 0.25) is 5.43 Å². The highest BCUT2D eigenvalue weighted by atomic mass is 35.5. The Morgan fingerprint density at radius 2 is 0.979 bits per heavy atom. The molecule has 0 aliphatic heterocycles. The van der Waals surface area contributed by atoms with E-state index in [9.17, 15) is 4.79 Å². The van der Waals surface area contributed by atoms with Gasteiger partial charge in [-0.3, -0.25) is 4.79 Å². The molecule has 1 aromatic heterocycles. The maximum atomic E-state index is 14.0. The van der Waals surface area contributed by atoms with Gasteiger partial charge >= 0.3 is 0 Å². The van der Waals surface area contributed by atoms with Crippen LogP contribution in [0.3, 0.4) is 0 Å². The Morgan fingerprint density at radius 3 is 1.47 bits per heavy atom. The van der Waals surface area contributed by atoms with Gasteiger partial charge in [0.1, 0.15) is 54.3 Å². The second-order valence-electron chi connectivity index (χ2n) is 10.3. The van der Waals surface area contributed by atoms with Crippen LogP contribution in [0, 0.1) is 0 Å². The number of benzene rings is 5. The molecule has 0 fully saturated rings. The van der Waals surface area contributed by atoms with E-state index < -0.39 is 0 Å². The largest absolute Gasteiger partial charge is 0.489 e. The number of hydrogen-bond acceptors (Lipinski definition) is 5. The summed E-state index contributed by atoms with van der Waals surface area (Å²) in [6, 6.07) is 25.8. The van der Waals surface area contributed by atoms with E-state index in [-0.39, 0.29) is 42.0 Å². The van der Waals surface area contributed by atoms with Gasteiger partial charge in [-0.25, -0.2) is 0 Å². The molecule has 0 N–H and O–H groups in total. The Morgan fingerprint density at radius 1 is 0.532 bits per heavy atom. The summed E-state index contributed by atoms with van der Waals surface area (Å²) >= 11 is 38.0. The lowest BCUT2D eigenvalue weighted by Gasteiger charge is -2.15. The maximum Gasteiger partial charge on any atom is 0.204 e.